The fraction of sp³-hybridized carbons (Fsp3) is 0.273. The van der Waals surface area contributed by atoms with Gasteiger partial charge >= 0.3 is 0 Å². The molecular weight excluding hydrogens is 398 g/mol. The number of benzene rings is 2. The second kappa shape index (κ2) is 8.57. The van der Waals surface area contributed by atoms with Crippen molar-refractivity contribution in [3.63, 3.8) is 0 Å². The standard InChI is InChI=1S/C22H23N5O4/c1-15-17(7-4-8-20(15)27(30)31)24-21(28)14-25-9-11-26(12-10-25)22(29)19-13-16-5-2-3-6-18(16)23-19/h2-8,13,23H,9-12,14H2,1H3,(H,24,28). The van der Waals surface area contributed by atoms with Crippen LogP contribution in [0.4, 0.5) is 11.4 Å². The minimum Gasteiger partial charge on any atom is -0.351 e. The highest BCUT2D eigenvalue weighted by atomic mass is 16.6. The molecule has 1 aliphatic rings. The number of aromatic nitrogens is 1. The third kappa shape index (κ3) is 4.41. The van der Waals surface area contributed by atoms with Crippen LogP contribution < -0.4 is 5.32 Å². The molecule has 31 heavy (non-hydrogen) atoms. The first-order valence-electron chi connectivity index (χ1n) is 10.1. The number of fused-ring (bicyclic) bond motifs is 1. The van der Waals surface area contributed by atoms with Gasteiger partial charge in [0.05, 0.1) is 22.7 Å². The van der Waals surface area contributed by atoms with Crippen molar-refractivity contribution in [3.05, 3.63) is 69.9 Å². The quantitative estimate of drug-likeness (QED) is 0.486. The number of aromatic amines is 1. The number of piperazine rings is 1. The van der Waals surface area contributed by atoms with Crippen molar-refractivity contribution in [3.8, 4) is 0 Å². The minimum atomic E-state index is -0.464. The number of nitrogens with zero attached hydrogens (tertiary/aromatic N) is 3. The predicted molar refractivity (Wildman–Crippen MR) is 117 cm³/mol. The number of para-hydroxylation sites is 1. The molecule has 0 bridgehead atoms. The van der Waals surface area contributed by atoms with Crippen molar-refractivity contribution in [1.29, 1.82) is 0 Å². The Morgan fingerprint density at radius 2 is 1.84 bits per heavy atom. The van der Waals surface area contributed by atoms with E-state index in [-0.39, 0.29) is 24.0 Å². The Morgan fingerprint density at radius 3 is 2.55 bits per heavy atom. The average molecular weight is 421 g/mol. The summed E-state index contributed by atoms with van der Waals surface area (Å²) in [6, 6.07) is 14.2. The van der Waals surface area contributed by atoms with Gasteiger partial charge in [0.2, 0.25) is 5.91 Å². The molecule has 0 saturated carbocycles. The number of carbonyl (C=O) groups excluding carboxylic acids is 2. The largest absolute Gasteiger partial charge is 0.351 e. The molecule has 1 saturated heterocycles. The van der Waals surface area contributed by atoms with Crippen LogP contribution in [0, 0.1) is 17.0 Å². The molecule has 9 nitrogen and oxygen atoms in total. The van der Waals surface area contributed by atoms with Gasteiger partial charge in [-0.3, -0.25) is 24.6 Å². The maximum Gasteiger partial charge on any atom is 0.274 e. The Balaban J connectivity index is 1.32. The number of carbonyl (C=O) groups is 2. The maximum atomic E-state index is 12.8. The lowest BCUT2D eigenvalue weighted by atomic mass is 10.1. The molecule has 0 unspecified atom stereocenters. The number of amides is 2. The topological polar surface area (TPSA) is 112 Å². The van der Waals surface area contributed by atoms with Crippen LogP contribution in [0.2, 0.25) is 0 Å². The van der Waals surface area contributed by atoms with E-state index < -0.39 is 4.92 Å². The third-order valence-electron chi connectivity index (χ3n) is 5.56. The van der Waals surface area contributed by atoms with E-state index in [2.05, 4.69) is 10.3 Å². The van der Waals surface area contributed by atoms with E-state index in [0.717, 1.165) is 10.9 Å². The highest BCUT2D eigenvalue weighted by Gasteiger charge is 2.24. The van der Waals surface area contributed by atoms with E-state index in [9.17, 15) is 19.7 Å². The summed E-state index contributed by atoms with van der Waals surface area (Å²) in [5.74, 6) is -0.286. The van der Waals surface area contributed by atoms with E-state index in [1.807, 2.05) is 35.2 Å². The van der Waals surface area contributed by atoms with Crippen molar-refractivity contribution in [2.75, 3.05) is 38.0 Å². The summed E-state index contributed by atoms with van der Waals surface area (Å²) in [7, 11) is 0. The van der Waals surface area contributed by atoms with Crippen molar-refractivity contribution in [2.24, 2.45) is 0 Å². The van der Waals surface area contributed by atoms with Gasteiger partial charge in [-0.1, -0.05) is 24.3 Å². The van der Waals surface area contributed by atoms with Gasteiger partial charge in [-0.2, -0.15) is 0 Å². The van der Waals surface area contributed by atoms with Gasteiger partial charge in [0, 0.05) is 43.1 Å². The Hall–Kier alpha value is -3.72. The van der Waals surface area contributed by atoms with Crippen LogP contribution in [0.25, 0.3) is 10.9 Å². The molecule has 4 rings (SSSR count). The Kier molecular flexibility index (Phi) is 5.68. The van der Waals surface area contributed by atoms with Crippen LogP contribution in [0.15, 0.2) is 48.5 Å². The van der Waals surface area contributed by atoms with Gasteiger partial charge < -0.3 is 15.2 Å². The summed E-state index contributed by atoms with van der Waals surface area (Å²) < 4.78 is 0. The number of hydrogen-bond donors (Lipinski definition) is 2. The van der Waals surface area contributed by atoms with Crippen LogP contribution >= 0.6 is 0 Å². The number of rotatable bonds is 5. The fourth-order valence-corrected chi connectivity index (χ4v) is 3.82. The van der Waals surface area contributed by atoms with Crippen molar-refractivity contribution >= 4 is 34.1 Å². The molecule has 2 aromatic carbocycles. The Morgan fingerprint density at radius 1 is 1.10 bits per heavy atom. The average Bonchev–Trinajstić information content (AvgIpc) is 3.19. The molecule has 9 heteroatoms. The summed E-state index contributed by atoms with van der Waals surface area (Å²) >= 11 is 0. The predicted octanol–water partition coefficient (Wildman–Crippen LogP) is 2.78. The number of nitro groups is 1. The third-order valence-corrected chi connectivity index (χ3v) is 5.56. The molecule has 3 aromatic rings. The van der Waals surface area contributed by atoms with Crippen molar-refractivity contribution in [2.45, 2.75) is 6.92 Å². The smallest absolute Gasteiger partial charge is 0.274 e. The molecule has 1 fully saturated rings. The molecule has 1 aromatic heterocycles. The van der Waals surface area contributed by atoms with Crippen LogP contribution in [0.5, 0.6) is 0 Å². The summed E-state index contributed by atoms with van der Waals surface area (Å²) in [5, 5.41) is 14.8. The number of H-pyrrole nitrogens is 1. The molecule has 0 atom stereocenters. The first-order valence-corrected chi connectivity index (χ1v) is 10.1. The van der Waals surface area contributed by atoms with Gasteiger partial charge in [-0.25, -0.2) is 0 Å². The van der Waals surface area contributed by atoms with Crippen molar-refractivity contribution < 1.29 is 14.5 Å². The molecule has 2 heterocycles. The molecule has 2 amide bonds. The second-order valence-electron chi connectivity index (χ2n) is 7.59. The van der Waals surface area contributed by atoms with Crippen molar-refractivity contribution in [1.82, 2.24) is 14.8 Å². The summed E-state index contributed by atoms with van der Waals surface area (Å²) in [6.07, 6.45) is 0. The zero-order chi connectivity index (χ0) is 22.0. The van der Waals surface area contributed by atoms with E-state index in [0.29, 0.717) is 43.1 Å². The summed E-state index contributed by atoms with van der Waals surface area (Å²) in [6.45, 7) is 3.98. The van der Waals surface area contributed by atoms with E-state index in [1.54, 1.807) is 24.0 Å². The minimum absolute atomic E-state index is 0.0260. The lowest BCUT2D eigenvalue weighted by Gasteiger charge is -2.34. The first kappa shape index (κ1) is 20.5. The molecule has 2 N–H and O–H groups in total. The zero-order valence-electron chi connectivity index (χ0n) is 17.1. The maximum absolute atomic E-state index is 12.8. The molecule has 1 aliphatic heterocycles. The molecular formula is C22H23N5O4. The number of nitrogens with one attached hydrogen (secondary N) is 2. The second-order valence-corrected chi connectivity index (χ2v) is 7.59. The van der Waals surface area contributed by atoms with Gasteiger partial charge in [-0.15, -0.1) is 0 Å². The first-order chi connectivity index (χ1) is 14.9. The van der Waals surface area contributed by atoms with E-state index in [1.165, 1.54) is 6.07 Å². The van der Waals surface area contributed by atoms with Gasteiger partial charge in [0.1, 0.15) is 5.69 Å². The van der Waals surface area contributed by atoms with Gasteiger partial charge in [-0.05, 0) is 25.1 Å². The van der Waals surface area contributed by atoms with Gasteiger partial charge in [0.15, 0.2) is 0 Å². The summed E-state index contributed by atoms with van der Waals surface area (Å²) in [5.41, 5.74) is 2.33. The number of hydrogen-bond acceptors (Lipinski definition) is 5. The lowest BCUT2D eigenvalue weighted by molar-refractivity contribution is -0.385. The molecule has 0 radical (unpaired) electrons. The monoisotopic (exact) mass is 421 g/mol. The van der Waals surface area contributed by atoms with E-state index >= 15 is 0 Å². The normalized spacial score (nSPS) is 14.5. The lowest BCUT2D eigenvalue weighted by Crippen LogP contribution is -2.50. The van der Waals surface area contributed by atoms with Crippen LogP contribution in [0.3, 0.4) is 0 Å². The summed E-state index contributed by atoms with van der Waals surface area (Å²) in [4.78, 5) is 42.8. The molecule has 0 aliphatic carbocycles. The molecule has 0 spiro atoms. The van der Waals surface area contributed by atoms with Crippen LogP contribution in [-0.4, -0.2) is 64.2 Å². The zero-order valence-corrected chi connectivity index (χ0v) is 17.1. The molecule has 160 valence electrons. The van der Waals surface area contributed by atoms with E-state index in [4.69, 9.17) is 0 Å². The Labute approximate surface area is 178 Å². The highest BCUT2D eigenvalue weighted by Crippen LogP contribution is 2.25. The highest BCUT2D eigenvalue weighted by molar-refractivity contribution is 5.98. The van der Waals surface area contributed by atoms with Crippen LogP contribution in [0.1, 0.15) is 16.1 Å². The Bertz CT molecular complexity index is 1110. The fourth-order valence-electron chi connectivity index (χ4n) is 3.82. The SMILES string of the molecule is Cc1c(NC(=O)CN2CCN(C(=O)c3cc4ccccc4[nH]3)CC2)cccc1[N+](=O)[O-]. The van der Waals surface area contributed by atoms with Crippen LogP contribution in [-0.2, 0) is 4.79 Å². The number of anilines is 1. The number of nitro benzene ring substituents is 1. The van der Waals surface area contributed by atoms with Gasteiger partial charge in [0.25, 0.3) is 11.6 Å².